The van der Waals surface area contributed by atoms with Gasteiger partial charge in [-0.2, -0.15) is 0 Å². The van der Waals surface area contributed by atoms with Crippen molar-refractivity contribution in [2.75, 3.05) is 39.8 Å². The lowest BCUT2D eigenvalue weighted by Gasteiger charge is -2.33. The fraction of sp³-hybridized carbons (Fsp3) is 0.579. The molecule has 4 rings (SSSR count). The molecule has 1 aliphatic carbocycles. The molecule has 5 nitrogen and oxygen atoms in total. The lowest BCUT2D eigenvalue weighted by atomic mass is 9.99. The van der Waals surface area contributed by atoms with Gasteiger partial charge in [-0.05, 0) is 31.0 Å². The number of piperazine rings is 1. The van der Waals surface area contributed by atoms with Gasteiger partial charge < -0.3 is 14.7 Å². The van der Waals surface area contributed by atoms with Gasteiger partial charge in [0.15, 0.2) is 0 Å². The predicted octanol–water partition coefficient (Wildman–Crippen LogP) is 0.981. The maximum Gasteiger partial charge on any atom is 0.226 e. The molecule has 2 atom stereocenters. The quantitative estimate of drug-likeness (QED) is 0.813. The molecule has 128 valence electrons. The van der Waals surface area contributed by atoms with Crippen LogP contribution in [-0.4, -0.2) is 66.3 Å². The zero-order chi connectivity index (χ0) is 16.7. The Morgan fingerprint density at radius 1 is 0.875 bits per heavy atom. The van der Waals surface area contributed by atoms with E-state index in [0.29, 0.717) is 6.54 Å². The first-order chi connectivity index (χ1) is 11.6. The van der Waals surface area contributed by atoms with Crippen molar-refractivity contribution in [3.63, 3.8) is 0 Å². The van der Waals surface area contributed by atoms with Crippen LogP contribution >= 0.6 is 0 Å². The molecule has 0 aromatic heterocycles. The molecular formula is C19H25N3O2. The van der Waals surface area contributed by atoms with Crippen molar-refractivity contribution in [3.8, 4) is 0 Å². The Balaban J connectivity index is 1.35. The highest BCUT2D eigenvalue weighted by molar-refractivity contribution is 5.92. The summed E-state index contributed by atoms with van der Waals surface area (Å²) < 4.78 is 0. The van der Waals surface area contributed by atoms with E-state index in [9.17, 15) is 9.59 Å². The number of carbonyl (C=O) groups is 2. The number of rotatable bonds is 2. The van der Waals surface area contributed by atoms with Crippen molar-refractivity contribution in [2.45, 2.75) is 19.4 Å². The number of carbonyl (C=O) groups excluding carboxylic acids is 2. The van der Waals surface area contributed by atoms with Crippen LogP contribution < -0.4 is 0 Å². The Morgan fingerprint density at radius 3 is 2.21 bits per heavy atom. The normalized spacial score (nSPS) is 26.9. The molecule has 24 heavy (non-hydrogen) atoms. The Hall–Kier alpha value is -1.88. The first-order valence-electron chi connectivity index (χ1n) is 8.96. The number of benzene rings is 1. The Kier molecular flexibility index (Phi) is 4.04. The van der Waals surface area contributed by atoms with Crippen molar-refractivity contribution in [1.82, 2.24) is 14.7 Å². The van der Waals surface area contributed by atoms with Crippen LogP contribution in [-0.2, 0) is 22.6 Å². The third-order valence-corrected chi connectivity index (χ3v) is 5.68. The van der Waals surface area contributed by atoms with E-state index in [-0.39, 0.29) is 23.7 Å². The van der Waals surface area contributed by atoms with Gasteiger partial charge in [-0.25, -0.2) is 0 Å². The van der Waals surface area contributed by atoms with E-state index in [0.717, 1.165) is 45.6 Å². The van der Waals surface area contributed by atoms with Gasteiger partial charge in [-0.3, -0.25) is 9.59 Å². The van der Waals surface area contributed by atoms with Crippen LogP contribution in [0.15, 0.2) is 24.3 Å². The summed E-state index contributed by atoms with van der Waals surface area (Å²) in [4.78, 5) is 31.5. The summed E-state index contributed by atoms with van der Waals surface area (Å²) in [7, 11) is 2.08. The van der Waals surface area contributed by atoms with Gasteiger partial charge in [0, 0.05) is 39.3 Å². The molecular weight excluding hydrogens is 302 g/mol. The number of fused-ring (bicyclic) bond motifs is 1. The third-order valence-electron chi connectivity index (χ3n) is 5.68. The van der Waals surface area contributed by atoms with Gasteiger partial charge in [-0.1, -0.05) is 24.3 Å². The van der Waals surface area contributed by atoms with Crippen LogP contribution in [0.1, 0.15) is 17.5 Å². The van der Waals surface area contributed by atoms with Crippen LogP contribution in [0.25, 0.3) is 0 Å². The van der Waals surface area contributed by atoms with E-state index in [4.69, 9.17) is 0 Å². The maximum absolute atomic E-state index is 12.8. The molecule has 2 heterocycles. The van der Waals surface area contributed by atoms with Crippen LogP contribution in [0.3, 0.4) is 0 Å². The Morgan fingerprint density at radius 2 is 1.50 bits per heavy atom. The number of nitrogens with zero attached hydrogens (tertiary/aromatic N) is 3. The molecule has 2 fully saturated rings. The monoisotopic (exact) mass is 327 g/mol. The van der Waals surface area contributed by atoms with Crippen molar-refractivity contribution in [3.05, 3.63) is 35.4 Å². The molecule has 3 aliphatic rings. The van der Waals surface area contributed by atoms with Gasteiger partial charge in [0.2, 0.25) is 11.8 Å². The average molecular weight is 327 g/mol. The largest absolute Gasteiger partial charge is 0.340 e. The van der Waals surface area contributed by atoms with Gasteiger partial charge in [-0.15, -0.1) is 0 Å². The molecule has 1 saturated heterocycles. The highest BCUT2D eigenvalue weighted by Crippen LogP contribution is 2.42. The fourth-order valence-electron chi connectivity index (χ4n) is 3.92. The van der Waals surface area contributed by atoms with Crippen molar-refractivity contribution < 1.29 is 9.59 Å². The highest BCUT2D eigenvalue weighted by atomic mass is 16.2. The second kappa shape index (κ2) is 6.20. The Bertz CT molecular complexity index is 652. The van der Waals surface area contributed by atoms with Crippen LogP contribution in [0.5, 0.6) is 0 Å². The SMILES string of the molecule is CN1CCN(C(=O)C2CC2C(=O)N2CCc3ccccc3C2)CC1. The number of hydrogen-bond donors (Lipinski definition) is 0. The summed E-state index contributed by atoms with van der Waals surface area (Å²) in [5.41, 5.74) is 2.60. The first-order valence-corrected chi connectivity index (χ1v) is 8.96. The van der Waals surface area contributed by atoms with E-state index >= 15 is 0 Å². The molecule has 0 N–H and O–H groups in total. The summed E-state index contributed by atoms with van der Waals surface area (Å²) in [6.45, 7) is 4.93. The minimum Gasteiger partial charge on any atom is -0.340 e. The lowest BCUT2D eigenvalue weighted by Crippen LogP contribution is -2.48. The summed E-state index contributed by atoms with van der Waals surface area (Å²) in [5, 5.41) is 0. The summed E-state index contributed by atoms with van der Waals surface area (Å²) >= 11 is 0. The molecule has 1 aromatic carbocycles. The Labute approximate surface area is 143 Å². The second-order valence-corrected chi connectivity index (χ2v) is 7.36. The van der Waals surface area contributed by atoms with Gasteiger partial charge in [0.25, 0.3) is 0 Å². The predicted molar refractivity (Wildman–Crippen MR) is 91.2 cm³/mol. The zero-order valence-electron chi connectivity index (χ0n) is 14.3. The molecule has 0 radical (unpaired) electrons. The molecule has 2 aliphatic heterocycles. The number of likely N-dealkylation sites (N-methyl/N-ethyl adjacent to an activating group) is 1. The number of amides is 2. The summed E-state index contributed by atoms with van der Waals surface area (Å²) in [6.07, 6.45) is 1.66. The first kappa shape index (κ1) is 15.6. The molecule has 5 heteroatoms. The standard InChI is InChI=1S/C19H25N3O2/c1-20-8-10-21(11-9-20)18(23)16-12-17(16)19(24)22-7-6-14-4-2-3-5-15(14)13-22/h2-5,16-17H,6-13H2,1H3. The fourth-order valence-corrected chi connectivity index (χ4v) is 3.92. The maximum atomic E-state index is 12.8. The molecule has 2 amide bonds. The molecule has 2 unspecified atom stereocenters. The zero-order valence-corrected chi connectivity index (χ0v) is 14.3. The van der Waals surface area contributed by atoms with E-state index in [2.05, 4.69) is 30.1 Å². The van der Waals surface area contributed by atoms with Crippen LogP contribution in [0.4, 0.5) is 0 Å². The van der Waals surface area contributed by atoms with Gasteiger partial charge in [0.05, 0.1) is 11.8 Å². The second-order valence-electron chi connectivity index (χ2n) is 7.36. The van der Waals surface area contributed by atoms with E-state index in [1.807, 2.05) is 15.9 Å². The number of hydrogen-bond acceptors (Lipinski definition) is 3. The van der Waals surface area contributed by atoms with Crippen molar-refractivity contribution >= 4 is 11.8 Å². The van der Waals surface area contributed by atoms with Crippen molar-refractivity contribution in [1.29, 1.82) is 0 Å². The van der Waals surface area contributed by atoms with Crippen LogP contribution in [0, 0.1) is 11.8 Å². The smallest absolute Gasteiger partial charge is 0.226 e. The van der Waals surface area contributed by atoms with E-state index < -0.39 is 0 Å². The molecule has 0 spiro atoms. The molecule has 0 bridgehead atoms. The minimum absolute atomic E-state index is 0.0712. The van der Waals surface area contributed by atoms with Crippen molar-refractivity contribution in [2.24, 2.45) is 11.8 Å². The summed E-state index contributed by atoms with van der Waals surface area (Å²) in [5.74, 6) is 0.219. The minimum atomic E-state index is -0.0811. The van der Waals surface area contributed by atoms with Crippen LogP contribution in [0.2, 0.25) is 0 Å². The van der Waals surface area contributed by atoms with Gasteiger partial charge >= 0.3 is 0 Å². The topological polar surface area (TPSA) is 43.9 Å². The van der Waals surface area contributed by atoms with Gasteiger partial charge in [0.1, 0.15) is 0 Å². The van der Waals surface area contributed by atoms with E-state index in [1.54, 1.807) is 0 Å². The molecule has 1 saturated carbocycles. The molecule has 1 aromatic rings. The van der Waals surface area contributed by atoms with E-state index in [1.165, 1.54) is 11.1 Å². The lowest BCUT2D eigenvalue weighted by molar-refractivity contribution is -0.139. The summed E-state index contributed by atoms with van der Waals surface area (Å²) in [6, 6.07) is 8.34. The average Bonchev–Trinajstić information content (AvgIpc) is 3.41. The highest BCUT2D eigenvalue weighted by Gasteiger charge is 2.51. The third kappa shape index (κ3) is 2.93.